The van der Waals surface area contributed by atoms with E-state index < -0.39 is 0 Å². The average Bonchev–Trinajstić information content (AvgIpc) is 3.24. The molecule has 4 heteroatoms. The molecule has 2 aliphatic carbocycles. The highest BCUT2D eigenvalue weighted by Gasteiger charge is 2.37. The number of carbonyl (C=O) groups excluding carboxylic acids is 1. The monoisotopic (exact) mass is 234 g/mol. The van der Waals surface area contributed by atoms with Gasteiger partial charge in [-0.1, -0.05) is 0 Å². The molecule has 0 aliphatic heterocycles. The van der Waals surface area contributed by atoms with Crippen LogP contribution in [-0.4, -0.2) is 23.4 Å². The Bertz CT molecular complexity index is 419. The highest BCUT2D eigenvalue weighted by Crippen LogP contribution is 2.35. The molecule has 2 aliphatic rings. The van der Waals surface area contributed by atoms with Gasteiger partial charge in [0, 0.05) is 12.6 Å². The third kappa shape index (κ3) is 2.36. The van der Waals surface area contributed by atoms with Crippen LogP contribution in [0.2, 0.25) is 0 Å². The van der Waals surface area contributed by atoms with Crippen LogP contribution in [0.1, 0.15) is 42.0 Å². The molecule has 17 heavy (non-hydrogen) atoms. The van der Waals surface area contributed by atoms with E-state index in [9.17, 15) is 4.79 Å². The summed E-state index contributed by atoms with van der Waals surface area (Å²) < 4.78 is 5.44. The lowest BCUT2D eigenvalue weighted by Crippen LogP contribution is -2.34. The first-order valence-corrected chi connectivity index (χ1v) is 6.37. The lowest BCUT2D eigenvalue weighted by Gasteiger charge is -2.20. The maximum absolute atomic E-state index is 12.3. The Hall–Kier alpha value is -1.29. The van der Waals surface area contributed by atoms with E-state index in [4.69, 9.17) is 10.2 Å². The molecule has 92 valence electrons. The molecule has 2 saturated carbocycles. The topological polar surface area (TPSA) is 59.5 Å². The molecule has 1 amide bonds. The summed E-state index contributed by atoms with van der Waals surface area (Å²) in [5.41, 5.74) is 5.48. The summed E-state index contributed by atoms with van der Waals surface area (Å²) in [6, 6.07) is 3.98. The van der Waals surface area contributed by atoms with Crippen molar-refractivity contribution < 1.29 is 9.21 Å². The van der Waals surface area contributed by atoms with Gasteiger partial charge in [-0.25, -0.2) is 0 Å². The molecular weight excluding hydrogens is 216 g/mol. The van der Waals surface area contributed by atoms with Gasteiger partial charge in [-0.05, 0) is 43.7 Å². The van der Waals surface area contributed by atoms with Crippen molar-refractivity contribution in [2.75, 3.05) is 6.54 Å². The van der Waals surface area contributed by atoms with E-state index in [0.29, 0.717) is 24.1 Å². The van der Waals surface area contributed by atoms with Gasteiger partial charge in [0.15, 0.2) is 5.76 Å². The fourth-order valence-electron chi connectivity index (χ4n) is 2.11. The summed E-state index contributed by atoms with van der Waals surface area (Å²) in [6.45, 7) is 1.25. The predicted molar refractivity (Wildman–Crippen MR) is 63.4 cm³/mol. The van der Waals surface area contributed by atoms with Crippen LogP contribution < -0.4 is 5.73 Å². The fourth-order valence-corrected chi connectivity index (χ4v) is 2.11. The molecule has 3 rings (SSSR count). The molecule has 1 heterocycles. The molecular formula is C13H18N2O2. The van der Waals surface area contributed by atoms with Gasteiger partial charge in [-0.2, -0.15) is 0 Å². The van der Waals surface area contributed by atoms with Crippen molar-refractivity contribution in [3.05, 3.63) is 23.7 Å². The first-order chi connectivity index (χ1) is 8.28. The van der Waals surface area contributed by atoms with Gasteiger partial charge in [0.05, 0.1) is 6.54 Å². The van der Waals surface area contributed by atoms with Crippen LogP contribution in [0.15, 0.2) is 16.5 Å². The Morgan fingerprint density at radius 2 is 2.12 bits per heavy atom. The van der Waals surface area contributed by atoms with Crippen molar-refractivity contribution in [3.63, 3.8) is 0 Å². The Morgan fingerprint density at radius 3 is 2.65 bits per heavy atom. The van der Waals surface area contributed by atoms with Crippen molar-refractivity contribution in [2.24, 2.45) is 11.7 Å². The van der Waals surface area contributed by atoms with Crippen LogP contribution >= 0.6 is 0 Å². The van der Waals surface area contributed by atoms with Gasteiger partial charge in [-0.15, -0.1) is 0 Å². The molecule has 1 aromatic rings. The number of carbonyl (C=O) groups is 1. The van der Waals surface area contributed by atoms with Gasteiger partial charge in [0.2, 0.25) is 0 Å². The Morgan fingerprint density at radius 1 is 1.35 bits per heavy atom. The highest BCUT2D eigenvalue weighted by atomic mass is 16.4. The van der Waals surface area contributed by atoms with Crippen molar-refractivity contribution in [3.8, 4) is 0 Å². The quantitative estimate of drug-likeness (QED) is 0.844. The molecule has 2 fully saturated rings. The van der Waals surface area contributed by atoms with Crippen LogP contribution in [-0.2, 0) is 6.54 Å². The van der Waals surface area contributed by atoms with Crippen LogP contribution in [0.5, 0.6) is 0 Å². The van der Waals surface area contributed by atoms with E-state index in [1.165, 1.54) is 12.8 Å². The summed E-state index contributed by atoms with van der Waals surface area (Å²) >= 11 is 0. The van der Waals surface area contributed by atoms with Crippen LogP contribution in [0.3, 0.4) is 0 Å². The molecule has 0 spiro atoms. The number of rotatable bonds is 5. The maximum atomic E-state index is 12.3. The van der Waals surface area contributed by atoms with E-state index in [1.54, 1.807) is 12.1 Å². The summed E-state index contributed by atoms with van der Waals surface area (Å²) in [4.78, 5) is 14.3. The molecule has 0 radical (unpaired) electrons. The third-order valence-electron chi connectivity index (χ3n) is 3.47. The van der Waals surface area contributed by atoms with Crippen LogP contribution in [0.25, 0.3) is 0 Å². The number of nitrogens with zero attached hydrogens (tertiary/aromatic N) is 1. The van der Waals surface area contributed by atoms with Gasteiger partial charge < -0.3 is 15.1 Å². The molecule has 1 aromatic heterocycles. The molecule has 0 bridgehead atoms. The summed E-state index contributed by atoms with van der Waals surface area (Å²) in [5.74, 6) is 1.89. The maximum Gasteiger partial charge on any atom is 0.289 e. The zero-order valence-corrected chi connectivity index (χ0v) is 9.89. The Kier molecular flexibility index (Phi) is 2.67. The minimum atomic E-state index is 0.0408. The largest absolute Gasteiger partial charge is 0.455 e. The molecule has 4 nitrogen and oxygen atoms in total. The van der Waals surface area contributed by atoms with Gasteiger partial charge in [-0.3, -0.25) is 4.79 Å². The number of amides is 1. The number of furan rings is 1. The van der Waals surface area contributed by atoms with Crippen molar-refractivity contribution in [1.29, 1.82) is 0 Å². The molecule has 0 unspecified atom stereocenters. The lowest BCUT2D eigenvalue weighted by molar-refractivity contribution is 0.0700. The number of hydrogen-bond donors (Lipinski definition) is 1. The molecule has 0 saturated heterocycles. The summed E-state index contributed by atoms with van der Waals surface area (Å²) in [6.07, 6.45) is 4.82. The number of nitrogens with two attached hydrogens (primary N) is 1. The van der Waals surface area contributed by atoms with E-state index in [0.717, 1.165) is 25.3 Å². The second-order valence-corrected chi connectivity index (χ2v) is 5.10. The van der Waals surface area contributed by atoms with Crippen molar-refractivity contribution in [1.82, 2.24) is 4.90 Å². The minimum absolute atomic E-state index is 0.0408. The minimum Gasteiger partial charge on any atom is -0.455 e. The Labute approximate surface area is 101 Å². The van der Waals surface area contributed by atoms with E-state index >= 15 is 0 Å². The predicted octanol–water partition coefficient (Wildman–Crippen LogP) is 1.75. The average molecular weight is 234 g/mol. The molecule has 2 N–H and O–H groups in total. The smallest absolute Gasteiger partial charge is 0.289 e. The normalized spacial score (nSPS) is 19.4. The van der Waals surface area contributed by atoms with Crippen LogP contribution in [0, 0.1) is 5.92 Å². The zero-order chi connectivity index (χ0) is 11.8. The van der Waals surface area contributed by atoms with Gasteiger partial charge in [0.1, 0.15) is 5.76 Å². The third-order valence-corrected chi connectivity index (χ3v) is 3.47. The summed E-state index contributed by atoms with van der Waals surface area (Å²) in [5, 5.41) is 0. The van der Waals surface area contributed by atoms with E-state index in [1.807, 2.05) is 4.90 Å². The fraction of sp³-hybridized carbons (Fsp3) is 0.615. The first-order valence-electron chi connectivity index (χ1n) is 6.37. The second kappa shape index (κ2) is 4.18. The Balaban J connectivity index is 1.72. The SMILES string of the molecule is NCc1ccc(C(=O)N(CC2CC2)C2CC2)o1. The van der Waals surface area contributed by atoms with Crippen molar-refractivity contribution in [2.45, 2.75) is 38.3 Å². The van der Waals surface area contributed by atoms with Gasteiger partial charge >= 0.3 is 0 Å². The second-order valence-electron chi connectivity index (χ2n) is 5.10. The first kappa shape index (κ1) is 10.8. The zero-order valence-electron chi connectivity index (χ0n) is 9.89. The van der Waals surface area contributed by atoms with E-state index in [-0.39, 0.29) is 5.91 Å². The molecule has 0 aromatic carbocycles. The van der Waals surface area contributed by atoms with Crippen LogP contribution in [0.4, 0.5) is 0 Å². The highest BCUT2D eigenvalue weighted by molar-refractivity contribution is 5.92. The standard InChI is InChI=1S/C13H18N2O2/c14-7-11-5-6-12(17-11)13(16)15(10-3-4-10)8-9-1-2-9/h5-6,9-10H,1-4,7-8,14H2. The molecule has 0 atom stereocenters. The lowest BCUT2D eigenvalue weighted by atomic mass is 10.3. The van der Waals surface area contributed by atoms with Gasteiger partial charge in [0.25, 0.3) is 5.91 Å². The summed E-state index contributed by atoms with van der Waals surface area (Å²) in [7, 11) is 0. The van der Waals surface area contributed by atoms with E-state index in [2.05, 4.69) is 0 Å². The number of hydrogen-bond acceptors (Lipinski definition) is 3. The van der Waals surface area contributed by atoms with Crippen molar-refractivity contribution >= 4 is 5.91 Å².